The molecular weight excluding hydrogens is 212 g/mol. The molecule has 3 nitrogen and oxygen atoms in total. The first-order chi connectivity index (χ1) is 8.08. The van der Waals surface area contributed by atoms with Gasteiger partial charge in [0.15, 0.2) is 0 Å². The first-order valence-corrected chi connectivity index (χ1v) is 7.08. The fourth-order valence-electron chi connectivity index (χ4n) is 2.56. The average molecular weight is 240 g/mol. The zero-order chi connectivity index (χ0) is 12.8. The number of rotatable bonds is 1. The minimum absolute atomic E-state index is 0.228. The van der Waals surface area contributed by atoms with Gasteiger partial charge in [-0.3, -0.25) is 9.69 Å². The van der Waals surface area contributed by atoms with Crippen LogP contribution in [0.3, 0.4) is 0 Å². The molecule has 1 aliphatic heterocycles. The summed E-state index contributed by atoms with van der Waals surface area (Å²) >= 11 is 0. The van der Waals surface area contributed by atoms with E-state index in [0.717, 1.165) is 38.1 Å². The highest BCUT2D eigenvalue weighted by Crippen LogP contribution is 2.31. The highest BCUT2D eigenvalue weighted by molar-refractivity contribution is 5.73. The predicted molar refractivity (Wildman–Crippen MR) is 72.0 cm³/mol. The molecule has 0 unspecified atom stereocenters. The molecule has 0 radical (unpaired) electrons. The molecule has 100 valence electrons. The lowest BCUT2D eigenvalue weighted by atomic mass is 9.80. The van der Waals surface area contributed by atoms with E-state index in [0.29, 0.717) is 0 Å². The molecule has 2 aliphatic rings. The summed E-state index contributed by atoms with van der Waals surface area (Å²) in [5, 5.41) is 0. The summed E-state index contributed by atoms with van der Waals surface area (Å²) in [7, 11) is 0. The molecular formula is C14H28N2O. The molecule has 0 aromatic carbocycles. The van der Waals surface area contributed by atoms with Crippen molar-refractivity contribution in [3.63, 3.8) is 0 Å². The van der Waals surface area contributed by atoms with Crippen LogP contribution >= 0.6 is 0 Å². The summed E-state index contributed by atoms with van der Waals surface area (Å²) in [4.78, 5) is 15.6. The van der Waals surface area contributed by atoms with Crippen molar-refractivity contribution in [3.05, 3.63) is 0 Å². The van der Waals surface area contributed by atoms with E-state index in [2.05, 4.69) is 25.7 Å². The number of carbonyl (C=O) groups excluding carboxylic acids is 1. The smallest absolute Gasteiger partial charge is 0.219 e. The number of carbonyl (C=O) groups is 1. The quantitative estimate of drug-likeness (QED) is 0.702. The van der Waals surface area contributed by atoms with Crippen molar-refractivity contribution < 1.29 is 4.79 Å². The van der Waals surface area contributed by atoms with Gasteiger partial charge in [-0.25, -0.2) is 0 Å². The van der Waals surface area contributed by atoms with Crippen molar-refractivity contribution >= 4 is 5.91 Å². The van der Waals surface area contributed by atoms with Gasteiger partial charge in [0.25, 0.3) is 0 Å². The maximum Gasteiger partial charge on any atom is 0.219 e. The molecule has 1 saturated heterocycles. The summed E-state index contributed by atoms with van der Waals surface area (Å²) < 4.78 is 0. The Kier molecular flexibility index (Phi) is 5.96. The molecule has 1 saturated carbocycles. The summed E-state index contributed by atoms with van der Waals surface area (Å²) in [5.74, 6) is 1.15. The van der Waals surface area contributed by atoms with Crippen LogP contribution in [0.1, 0.15) is 47.0 Å². The van der Waals surface area contributed by atoms with Crippen molar-refractivity contribution in [1.29, 1.82) is 0 Å². The van der Waals surface area contributed by atoms with Crippen LogP contribution in [0.2, 0.25) is 0 Å². The minimum Gasteiger partial charge on any atom is -0.340 e. The summed E-state index contributed by atoms with van der Waals surface area (Å²) in [6.07, 6.45) is 3.97. The van der Waals surface area contributed by atoms with Crippen LogP contribution in [0.25, 0.3) is 0 Å². The zero-order valence-corrected chi connectivity index (χ0v) is 11.9. The van der Waals surface area contributed by atoms with Crippen molar-refractivity contribution in [2.45, 2.75) is 53.0 Å². The van der Waals surface area contributed by atoms with Crippen LogP contribution in [-0.4, -0.2) is 47.9 Å². The molecule has 1 heterocycles. The number of nitrogens with zero attached hydrogens (tertiary/aromatic N) is 2. The zero-order valence-electron chi connectivity index (χ0n) is 11.9. The molecule has 1 aliphatic carbocycles. The van der Waals surface area contributed by atoms with Crippen LogP contribution < -0.4 is 0 Å². The molecule has 1 amide bonds. The van der Waals surface area contributed by atoms with Gasteiger partial charge in [-0.2, -0.15) is 0 Å². The molecule has 0 bridgehead atoms. The molecule has 2 fully saturated rings. The molecule has 0 N–H and O–H groups in total. The molecule has 0 spiro atoms. The summed E-state index contributed by atoms with van der Waals surface area (Å²) in [6.45, 7) is 12.3. The van der Waals surface area contributed by atoms with Crippen molar-refractivity contribution in [3.8, 4) is 0 Å². The Labute approximate surface area is 106 Å². The normalized spacial score (nSPS) is 29.1. The fraction of sp³-hybridized carbons (Fsp3) is 0.929. The van der Waals surface area contributed by atoms with Crippen LogP contribution in [-0.2, 0) is 4.79 Å². The van der Waals surface area contributed by atoms with Gasteiger partial charge in [-0.15, -0.1) is 0 Å². The van der Waals surface area contributed by atoms with Crippen LogP contribution in [0.5, 0.6) is 0 Å². The van der Waals surface area contributed by atoms with Crippen molar-refractivity contribution in [1.82, 2.24) is 9.80 Å². The SMILES string of the molecule is CC(=O)N1CCN(C2CC(C)C2)CC1.CCC. The lowest BCUT2D eigenvalue weighted by Crippen LogP contribution is -2.54. The Morgan fingerprint density at radius 1 is 1.12 bits per heavy atom. The van der Waals surface area contributed by atoms with Gasteiger partial charge in [0.2, 0.25) is 5.91 Å². The highest BCUT2D eigenvalue weighted by atomic mass is 16.2. The lowest BCUT2D eigenvalue weighted by Gasteiger charge is -2.45. The molecule has 0 aromatic rings. The van der Waals surface area contributed by atoms with E-state index in [1.807, 2.05) is 4.90 Å². The largest absolute Gasteiger partial charge is 0.340 e. The number of amides is 1. The van der Waals surface area contributed by atoms with E-state index in [9.17, 15) is 4.79 Å². The highest BCUT2D eigenvalue weighted by Gasteiger charge is 2.32. The van der Waals surface area contributed by atoms with E-state index in [4.69, 9.17) is 0 Å². The van der Waals surface area contributed by atoms with Crippen molar-refractivity contribution in [2.24, 2.45) is 5.92 Å². The monoisotopic (exact) mass is 240 g/mol. The van der Waals surface area contributed by atoms with Crippen LogP contribution in [0.15, 0.2) is 0 Å². The Morgan fingerprint density at radius 3 is 1.94 bits per heavy atom. The summed E-state index contributed by atoms with van der Waals surface area (Å²) in [6, 6.07) is 0.819. The Morgan fingerprint density at radius 2 is 1.59 bits per heavy atom. The maximum absolute atomic E-state index is 11.1. The van der Waals surface area contributed by atoms with Gasteiger partial charge < -0.3 is 4.90 Å². The first-order valence-electron chi connectivity index (χ1n) is 7.08. The molecule has 0 aromatic heterocycles. The van der Waals surface area contributed by atoms with Gasteiger partial charge in [0.1, 0.15) is 0 Å². The second-order valence-corrected chi connectivity index (χ2v) is 5.48. The second-order valence-electron chi connectivity index (χ2n) is 5.48. The van der Waals surface area contributed by atoms with Crippen LogP contribution in [0, 0.1) is 5.92 Å². The van der Waals surface area contributed by atoms with Crippen LogP contribution in [0.4, 0.5) is 0 Å². The predicted octanol–water partition coefficient (Wildman–Crippen LogP) is 2.37. The van der Waals surface area contributed by atoms with E-state index in [1.165, 1.54) is 19.3 Å². The summed E-state index contributed by atoms with van der Waals surface area (Å²) in [5.41, 5.74) is 0. The molecule has 17 heavy (non-hydrogen) atoms. The Balaban J connectivity index is 0.000000437. The third kappa shape index (κ3) is 4.30. The van der Waals surface area contributed by atoms with E-state index < -0.39 is 0 Å². The topological polar surface area (TPSA) is 23.6 Å². The van der Waals surface area contributed by atoms with E-state index in [1.54, 1.807) is 6.92 Å². The first kappa shape index (κ1) is 14.5. The van der Waals surface area contributed by atoms with Gasteiger partial charge >= 0.3 is 0 Å². The second kappa shape index (κ2) is 7.00. The van der Waals surface area contributed by atoms with Gasteiger partial charge in [0.05, 0.1) is 0 Å². The van der Waals surface area contributed by atoms with E-state index in [-0.39, 0.29) is 5.91 Å². The fourth-order valence-corrected chi connectivity index (χ4v) is 2.56. The average Bonchev–Trinajstić information content (AvgIpc) is 2.26. The third-order valence-electron chi connectivity index (χ3n) is 3.62. The standard InChI is InChI=1S/C11H20N2O.C3H8/c1-9-7-11(8-9)13-5-3-12(4-6-13)10(2)14;1-3-2/h9,11H,3-8H2,1-2H3;3H2,1-2H3. The van der Waals surface area contributed by atoms with Gasteiger partial charge in [-0.05, 0) is 18.8 Å². The van der Waals surface area contributed by atoms with Gasteiger partial charge in [0, 0.05) is 39.1 Å². The molecule has 3 heteroatoms. The maximum atomic E-state index is 11.1. The number of hydrogen-bond donors (Lipinski definition) is 0. The Hall–Kier alpha value is -0.570. The van der Waals surface area contributed by atoms with E-state index >= 15 is 0 Å². The Bertz CT molecular complexity index is 228. The molecule has 2 rings (SSSR count). The minimum atomic E-state index is 0.228. The lowest BCUT2D eigenvalue weighted by molar-refractivity contribution is -0.131. The third-order valence-corrected chi connectivity index (χ3v) is 3.62. The number of hydrogen-bond acceptors (Lipinski definition) is 2. The van der Waals surface area contributed by atoms with Gasteiger partial charge in [-0.1, -0.05) is 27.2 Å². The molecule has 0 atom stereocenters. The van der Waals surface area contributed by atoms with Crippen molar-refractivity contribution in [2.75, 3.05) is 26.2 Å². The number of piperazine rings is 1.